The lowest BCUT2D eigenvalue weighted by atomic mass is 9.98. The zero-order valence-corrected chi connectivity index (χ0v) is 17.9. The summed E-state index contributed by atoms with van der Waals surface area (Å²) < 4.78 is 20.7. The quantitative estimate of drug-likeness (QED) is 0.390. The van der Waals surface area contributed by atoms with Gasteiger partial charge >= 0.3 is 0 Å². The number of hydrogen-bond donors (Lipinski definition) is 0. The molecule has 4 nitrogen and oxygen atoms in total. The minimum Gasteiger partial charge on any atom is -0.450 e. The highest BCUT2D eigenvalue weighted by Gasteiger charge is 2.42. The molecule has 31 heavy (non-hydrogen) atoms. The van der Waals surface area contributed by atoms with Crippen LogP contribution < -0.4 is 5.43 Å². The van der Waals surface area contributed by atoms with Crippen molar-refractivity contribution in [2.75, 3.05) is 6.54 Å². The van der Waals surface area contributed by atoms with Crippen LogP contribution in [-0.4, -0.2) is 17.4 Å². The van der Waals surface area contributed by atoms with Crippen LogP contribution in [0.2, 0.25) is 0 Å². The molecule has 154 valence electrons. The van der Waals surface area contributed by atoms with Crippen LogP contribution in [0.4, 0.5) is 4.39 Å². The van der Waals surface area contributed by atoms with Crippen molar-refractivity contribution >= 4 is 32.8 Å². The molecule has 1 aliphatic rings. The van der Waals surface area contributed by atoms with E-state index in [0.717, 1.165) is 10.0 Å². The van der Waals surface area contributed by atoms with Gasteiger partial charge in [0.15, 0.2) is 5.43 Å². The Hall–Kier alpha value is -3.25. The SMILES string of the molecule is O=C1c2oc3ccc(Br)cc3c(=O)c2C(c2cccc(F)c2)N1CCc1ccccc1. The van der Waals surface area contributed by atoms with E-state index in [0.29, 0.717) is 29.5 Å². The highest BCUT2D eigenvalue weighted by atomic mass is 79.9. The predicted molar refractivity (Wildman–Crippen MR) is 120 cm³/mol. The number of halogens is 2. The van der Waals surface area contributed by atoms with Crippen LogP contribution in [0.3, 0.4) is 0 Å². The van der Waals surface area contributed by atoms with E-state index in [1.165, 1.54) is 12.1 Å². The van der Waals surface area contributed by atoms with Gasteiger partial charge in [0.05, 0.1) is 17.0 Å². The molecular formula is C25H17BrFNO3. The topological polar surface area (TPSA) is 50.5 Å². The van der Waals surface area contributed by atoms with Crippen LogP contribution in [0.1, 0.15) is 33.3 Å². The Labute approximate surface area is 186 Å². The van der Waals surface area contributed by atoms with Gasteiger partial charge in [-0.3, -0.25) is 9.59 Å². The van der Waals surface area contributed by atoms with Crippen LogP contribution in [0.5, 0.6) is 0 Å². The molecule has 0 saturated heterocycles. The molecule has 0 saturated carbocycles. The molecule has 1 aliphatic heterocycles. The molecule has 4 aromatic rings. The van der Waals surface area contributed by atoms with Crippen molar-refractivity contribution < 1.29 is 13.6 Å². The van der Waals surface area contributed by atoms with Crippen molar-refractivity contribution in [1.29, 1.82) is 0 Å². The molecule has 0 fully saturated rings. The van der Waals surface area contributed by atoms with Crippen LogP contribution in [0.25, 0.3) is 11.0 Å². The number of carbonyl (C=O) groups excluding carboxylic acids is 1. The Morgan fingerprint density at radius 3 is 2.55 bits per heavy atom. The first-order valence-corrected chi connectivity index (χ1v) is 10.7. The molecule has 2 heterocycles. The molecule has 0 radical (unpaired) electrons. The largest absolute Gasteiger partial charge is 0.450 e. The smallest absolute Gasteiger partial charge is 0.290 e. The summed E-state index contributed by atoms with van der Waals surface area (Å²) in [7, 11) is 0. The Kier molecular flexibility index (Phi) is 4.94. The summed E-state index contributed by atoms with van der Waals surface area (Å²) in [4.78, 5) is 28.4. The first-order chi connectivity index (χ1) is 15.0. The first kappa shape index (κ1) is 19.7. The summed E-state index contributed by atoms with van der Waals surface area (Å²) in [5.74, 6) is -0.751. The van der Waals surface area contributed by atoms with Crippen molar-refractivity contribution in [2.45, 2.75) is 12.5 Å². The molecule has 1 amide bonds. The lowest BCUT2D eigenvalue weighted by Gasteiger charge is -2.25. The lowest BCUT2D eigenvalue weighted by Crippen LogP contribution is -2.31. The zero-order chi connectivity index (χ0) is 21.5. The predicted octanol–water partition coefficient (Wildman–Crippen LogP) is 5.48. The number of carbonyl (C=O) groups is 1. The van der Waals surface area contributed by atoms with E-state index in [1.807, 2.05) is 30.3 Å². The fourth-order valence-corrected chi connectivity index (χ4v) is 4.50. The Morgan fingerprint density at radius 1 is 0.968 bits per heavy atom. The maximum Gasteiger partial charge on any atom is 0.290 e. The molecule has 1 atom stereocenters. The van der Waals surface area contributed by atoms with E-state index in [9.17, 15) is 14.0 Å². The van der Waals surface area contributed by atoms with E-state index in [-0.39, 0.29) is 22.7 Å². The van der Waals surface area contributed by atoms with Gasteiger partial charge in [-0.25, -0.2) is 4.39 Å². The third-order valence-electron chi connectivity index (χ3n) is 5.58. The number of rotatable bonds is 4. The average molecular weight is 478 g/mol. The van der Waals surface area contributed by atoms with Gasteiger partial charge in [0, 0.05) is 11.0 Å². The summed E-state index contributed by atoms with van der Waals surface area (Å²) in [6.07, 6.45) is 0.603. The number of fused-ring (bicyclic) bond motifs is 2. The monoisotopic (exact) mass is 477 g/mol. The number of amides is 1. The fraction of sp³-hybridized carbons (Fsp3) is 0.120. The minimum absolute atomic E-state index is 0.0298. The standard InChI is InChI=1S/C25H17BrFNO3/c26-17-9-10-20-19(14-17)23(29)21-22(16-7-4-8-18(27)13-16)28(25(30)24(21)31-20)12-11-15-5-2-1-3-6-15/h1-10,13-14,22H,11-12H2. The number of hydrogen-bond acceptors (Lipinski definition) is 3. The molecule has 0 N–H and O–H groups in total. The molecule has 0 aliphatic carbocycles. The maximum absolute atomic E-state index is 14.1. The van der Waals surface area contributed by atoms with Crippen molar-refractivity contribution in [1.82, 2.24) is 4.90 Å². The van der Waals surface area contributed by atoms with E-state index >= 15 is 0 Å². The average Bonchev–Trinajstić information content (AvgIpc) is 3.05. The highest BCUT2D eigenvalue weighted by Crippen LogP contribution is 2.38. The minimum atomic E-state index is -0.707. The van der Waals surface area contributed by atoms with Gasteiger partial charge in [0.25, 0.3) is 5.91 Å². The molecule has 1 unspecified atom stereocenters. The molecule has 6 heteroatoms. The second kappa shape index (κ2) is 7.78. The Bertz CT molecular complexity index is 1370. The van der Waals surface area contributed by atoms with Gasteiger partial charge in [-0.15, -0.1) is 0 Å². The summed E-state index contributed by atoms with van der Waals surface area (Å²) in [5, 5.41) is 0.382. The van der Waals surface area contributed by atoms with Crippen molar-refractivity contribution in [2.24, 2.45) is 0 Å². The Morgan fingerprint density at radius 2 is 1.77 bits per heavy atom. The first-order valence-electron chi connectivity index (χ1n) is 9.89. The van der Waals surface area contributed by atoms with Crippen molar-refractivity contribution in [3.8, 4) is 0 Å². The third-order valence-corrected chi connectivity index (χ3v) is 6.07. The second-order valence-corrected chi connectivity index (χ2v) is 8.42. The summed E-state index contributed by atoms with van der Waals surface area (Å²) >= 11 is 3.38. The van der Waals surface area contributed by atoms with Crippen LogP contribution in [-0.2, 0) is 6.42 Å². The Balaban J connectivity index is 1.67. The summed E-state index contributed by atoms with van der Waals surface area (Å²) in [6.45, 7) is 0.369. The van der Waals surface area contributed by atoms with Gasteiger partial charge in [-0.05, 0) is 47.9 Å². The maximum atomic E-state index is 14.1. The normalized spacial score (nSPS) is 15.5. The molecule has 1 aromatic heterocycles. The van der Waals surface area contributed by atoms with E-state index in [4.69, 9.17) is 4.42 Å². The van der Waals surface area contributed by atoms with E-state index in [2.05, 4.69) is 15.9 Å². The summed E-state index contributed by atoms with van der Waals surface area (Å²) in [5.41, 5.74) is 1.94. The molecular weight excluding hydrogens is 461 g/mol. The zero-order valence-electron chi connectivity index (χ0n) is 16.3. The fourth-order valence-electron chi connectivity index (χ4n) is 4.14. The number of nitrogens with zero attached hydrogens (tertiary/aromatic N) is 1. The molecule has 0 spiro atoms. The van der Waals surface area contributed by atoms with Crippen molar-refractivity contribution in [3.05, 3.63) is 116 Å². The van der Waals surface area contributed by atoms with Crippen molar-refractivity contribution in [3.63, 3.8) is 0 Å². The number of benzene rings is 3. The van der Waals surface area contributed by atoms with Crippen LogP contribution in [0.15, 0.2) is 86.5 Å². The van der Waals surface area contributed by atoms with Gasteiger partial charge in [0.1, 0.15) is 11.4 Å². The van der Waals surface area contributed by atoms with E-state index in [1.54, 1.807) is 35.2 Å². The van der Waals surface area contributed by atoms with Gasteiger partial charge < -0.3 is 9.32 Å². The highest BCUT2D eigenvalue weighted by molar-refractivity contribution is 9.10. The molecule has 3 aromatic carbocycles. The second-order valence-electron chi connectivity index (χ2n) is 7.51. The van der Waals surface area contributed by atoms with E-state index < -0.39 is 11.9 Å². The lowest BCUT2D eigenvalue weighted by molar-refractivity contribution is 0.0730. The van der Waals surface area contributed by atoms with Gasteiger partial charge in [-0.2, -0.15) is 0 Å². The summed E-state index contributed by atoms with van der Waals surface area (Å²) in [6, 6.07) is 20.2. The third kappa shape index (κ3) is 3.47. The molecule has 0 bridgehead atoms. The molecule has 5 rings (SSSR count). The van der Waals surface area contributed by atoms with Gasteiger partial charge in [-0.1, -0.05) is 58.4 Å². The van der Waals surface area contributed by atoms with Gasteiger partial charge in [0.2, 0.25) is 5.76 Å². The van der Waals surface area contributed by atoms with Crippen LogP contribution in [0, 0.1) is 5.82 Å². The van der Waals surface area contributed by atoms with Crippen LogP contribution >= 0.6 is 15.9 Å².